The molecule has 0 bridgehead atoms. The van der Waals surface area contributed by atoms with Crippen LogP contribution in [-0.2, 0) is 16.1 Å². The number of amides is 2. The van der Waals surface area contributed by atoms with Crippen molar-refractivity contribution in [2.24, 2.45) is 0 Å². The highest BCUT2D eigenvalue weighted by molar-refractivity contribution is 7.17. The number of thiophene rings is 1. The van der Waals surface area contributed by atoms with Gasteiger partial charge in [-0.3, -0.25) is 19.0 Å². The molecule has 2 amide bonds. The van der Waals surface area contributed by atoms with Crippen LogP contribution in [0.2, 0.25) is 0 Å². The summed E-state index contributed by atoms with van der Waals surface area (Å²) in [5, 5.41) is 4.71. The number of carbonyl (C=O) groups excluding carboxylic acids is 2. The first-order valence-electron chi connectivity index (χ1n) is 10.5. The number of benzene rings is 2. The summed E-state index contributed by atoms with van der Waals surface area (Å²) >= 11 is 1.30. The molecule has 2 aromatic carbocycles. The van der Waals surface area contributed by atoms with Crippen molar-refractivity contribution in [2.75, 3.05) is 18.5 Å². The molecule has 2 aromatic heterocycles. The van der Waals surface area contributed by atoms with E-state index in [9.17, 15) is 18.8 Å². The summed E-state index contributed by atoms with van der Waals surface area (Å²) in [5.74, 6) is -0.695. The molecule has 0 radical (unpaired) electrons. The van der Waals surface area contributed by atoms with E-state index in [1.165, 1.54) is 46.3 Å². The van der Waals surface area contributed by atoms with Crippen LogP contribution in [0.4, 0.5) is 10.1 Å². The Balaban J connectivity index is 1.49. The number of ether oxygens (including phenoxy) is 1. The summed E-state index contributed by atoms with van der Waals surface area (Å²) in [6.45, 7) is -0.255. The number of hydrogen-bond acceptors (Lipinski definition) is 6. The van der Waals surface area contributed by atoms with Crippen molar-refractivity contribution in [3.63, 3.8) is 0 Å². The van der Waals surface area contributed by atoms with Crippen molar-refractivity contribution in [1.82, 2.24) is 14.9 Å². The minimum absolute atomic E-state index is 0.0131. The molecule has 1 atom stereocenters. The van der Waals surface area contributed by atoms with Crippen molar-refractivity contribution in [3.05, 3.63) is 76.4 Å². The van der Waals surface area contributed by atoms with Crippen LogP contribution in [0.15, 0.2) is 65.0 Å². The van der Waals surface area contributed by atoms with Crippen molar-refractivity contribution < 1.29 is 18.7 Å². The maximum atomic E-state index is 13.4. The summed E-state index contributed by atoms with van der Waals surface area (Å²) < 4.78 is 20.4. The Bertz CT molecular complexity index is 1460. The maximum Gasteiger partial charge on any atom is 0.263 e. The zero-order valence-electron chi connectivity index (χ0n) is 18.0. The molecule has 0 saturated carbocycles. The van der Waals surface area contributed by atoms with E-state index in [1.54, 1.807) is 41.8 Å². The van der Waals surface area contributed by atoms with Crippen molar-refractivity contribution in [3.8, 4) is 16.9 Å². The van der Waals surface area contributed by atoms with Gasteiger partial charge in [-0.1, -0.05) is 24.3 Å². The molecule has 4 aromatic rings. The highest BCUT2D eigenvalue weighted by Gasteiger charge is 2.33. The number of para-hydroxylation sites is 2. The number of hydrogen-bond donors (Lipinski definition) is 1. The third kappa shape index (κ3) is 3.81. The molecule has 5 rings (SSSR count). The first-order chi connectivity index (χ1) is 16.5. The minimum Gasteiger partial charge on any atom is -0.477 e. The van der Waals surface area contributed by atoms with Gasteiger partial charge in [0.15, 0.2) is 6.10 Å². The second-order valence-corrected chi connectivity index (χ2v) is 8.56. The van der Waals surface area contributed by atoms with Crippen LogP contribution in [0, 0.1) is 5.82 Å². The van der Waals surface area contributed by atoms with Crippen molar-refractivity contribution in [1.29, 1.82) is 0 Å². The zero-order chi connectivity index (χ0) is 23.8. The first-order valence-corrected chi connectivity index (χ1v) is 11.3. The molecular weight excluding hydrogens is 459 g/mol. The number of likely N-dealkylation sites (N-methyl/N-ethyl adjacent to an activating group) is 1. The first kappa shape index (κ1) is 21.8. The van der Waals surface area contributed by atoms with Gasteiger partial charge in [0.1, 0.15) is 22.9 Å². The summed E-state index contributed by atoms with van der Waals surface area (Å²) in [6, 6.07) is 12.8. The topological polar surface area (TPSA) is 93.5 Å². The minimum atomic E-state index is -0.872. The molecule has 1 N–H and O–H groups in total. The van der Waals surface area contributed by atoms with Gasteiger partial charge >= 0.3 is 0 Å². The quantitative estimate of drug-likeness (QED) is 0.487. The SMILES string of the molecule is CNC(=O)[C@@H]1CN(C(=O)Cn2cnc3scc(-c4ccc(F)cc4)c3c2=O)c2ccccc2O1. The van der Waals surface area contributed by atoms with Gasteiger partial charge in [-0.2, -0.15) is 0 Å². The van der Waals surface area contributed by atoms with Crippen LogP contribution in [0.5, 0.6) is 5.75 Å². The number of nitrogens with zero attached hydrogens (tertiary/aromatic N) is 3. The lowest BCUT2D eigenvalue weighted by Crippen LogP contribution is -2.51. The molecule has 3 heterocycles. The maximum absolute atomic E-state index is 13.4. The summed E-state index contributed by atoms with van der Waals surface area (Å²) in [7, 11) is 1.50. The van der Waals surface area contributed by atoms with Crippen LogP contribution < -0.4 is 20.5 Å². The Morgan fingerprint density at radius 3 is 2.74 bits per heavy atom. The van der Waals surface area contributed by atoms with Gasteiger partial charge in [0, 0.05) is 18.0 Å². The number of fused-ring (bicyclic) bond motifs is 2. The monoisotopic (exact) mass is 478 g/mol. The van der Waals surface area contributed by atoms with E-state index in [4.69, 9.17) is 4.74 Å². The molecular formula is C24H19FN4O4S. The zero-order valence-corrected chi connectivity index (χ0v) is 18.8. The molecule has 0 aliphatic carbocycles. The van der Waals surface area contributed by atoms with E-state index in [0.717, 1.165) is 0 Å². The smallest absolute Gasteiger partial charge is 0.263 e. The predicted molar refractivity (Wildman–Crippen MR) is 127 cm³/mol. The molecule has 172 valence electrons. The number of anilines is 1. The highest BCUT2D eigenvalue weighted by atomic mass is 32.1. The lowest BCUT2D eigenvalue weighted by Gasteiger charge is -2.34. The third-order valence-corrected chi connectivity index (χ3v) is 6.52. The Morgan fingerprint density at radius 1 is 1.21 bits per heavy atom. The van der Waals surface area contributed by atoms with E-state index < -0.39 is 6.10 Å². The van der Waals surface area contributed by atoms with Crippen LogP contribution in [0.25, 0.3) is 21.3 Å². The number of carbonyl (C=O) groups is 2. The molecule has 0 fully saturated rings. The van der Waals surface area contributed by atoms with Crippen LogP contribution in [0.1, 0.15) is 0 Å². The van der Waals surface area contributed by atoms with Crippen LogP contribution in [0.3, 0.4) is 0 Å². The van der Waals surface area contributed by atoms with Gasteiger partial charge < -0.3 is 15.0 Å². The standard InChI is InChI=1S/C24H19FN4O4S/c1-26-22(31)19-10-29(17-4-2-3-5-18(17)33-19)20(30)11-28-13-27-23-21(24(28)32)16(12-34-23)14-6-8-15(25)9-7-14/h2-9,12-13,19H,10-11H2,1H3,(H,26,31)/t19-/m0/s1. The van der Waals surface area contributed by atoms with Gasteiger partial charge in [0.25, 0.3) is 11.5 Å². The van der Waals surface area contributed by atoms with E-state index in [0.29, 0.717) is 32.8 Å². The van der Waals surface area contributed by atoms with Crippen LogP contribution >= 0.6 is 11.3 Å². The normalized spacial score (nSPS) is 15.0. The van der Waals surface area contributed by atoms with E-state index in [-0.39, 0.29) is 36.3 Å². The second kappa shape index (κ2) is 8.71. The number of aromatic nitrogens is 2. The van der Waals surface area contributed by atoms with Gasteiger partial charge in [-0.15, -0.1) is 11.3 Å². The molecule has 34 heavy (non-hydrogen) atoms. The number of rotatable bonds is 4. The Morgan fingerprint density at radius 2 is 1.97 bits per heavy atom. The summed E-state index contributed by atoms with van der Waals surface area (Å²) in [6.07, 6.45) is 0.471. The molecule has 1 aliphatic rings. The summed E-state index contributed by atoms with van der Waals surface area (Å²) in [5.41, 5.74) is 1.47. The lowest BCUT2D eigenvalue weighted by molar-refractivity contribution is -0.128. The fraction of sp³-hybridized carbons (Fsp3) is 0.167. The van der Waals surface area contributed by atoms with Crippen LogP contribution in [-0.4, -0.2) is 41.1 Å². The molecule has 10 heteroatoms. The van der Waals surface area contributed by atoms with E-state index in [2.05, 4.69) is 10.3 Å². The molecule has 8 nitrogen and oxygen atoms in total. The largest absolute Gasteiger partial charge is 0.477 e. The fourth-order valence-corrected chi connectivity index (χ4v) is 4.83. The van der Waals surface area contributed by atoms with Gasteiger partial charge in [0.05, 0.1) is 23.9 Å². The Kier molecular flexibility index (Phi) is 5.58. The third-order valence-electron chi connectivity index (χ3n) is 5.64. The Hall–Kier alpha value is -4.05. The fourth-order valence-electron chi connectivity index (χ4n) is 3.92. The average Bonchev–Trinajstić information content (AvgIpc) is 3.30. The van der Waals surface area contributed by atoms with E-state index >= 15 is 0 Å². The predicted octanol–water partition coefficient (Wildman–Crippen LogP) is 2.80. The van der Waals surface area contributed by atoms with Gasteiger partial charge in [0.2, 0.25) is 5.91 Å². The van der Waals surface area contributed by atoms with Gasteiger partial charge in [-0.05, 0) is 29.8 Å². The number of halogens is 1. The second-order valence-electron chi connectivity index (χ2n) is 7.71. The summed E-state index contributed by atoms with van der Waals surface area (Å²) in [4.78, 5) is 45.2. The lowest BCUT2D eigenvalue weighted by atomic mass is 10.1. The Labute approximate surface area is 197 Å². The van der Waals surface area contributed by atoms with E-state index in [1.807, 2.05) is 0 Å². The van der Waals surface area contributed by atoms with Crippen molar-refractivity contribution in [2.45, 2.75) is 12.6 Å². The molecule has 0 unspecified atom stereocenters. The molecule has 1 aliphatic heterocycles. The van der Waals surface area contributed by atoms with Crippen molar-refractivity contribution >= 4 is 39.1 Å². The number of nitrogens with one attached hydrogen (secondary N) is 1. The average molecular weight is 479 g/mol. The van der Waals surface area contributed by atoms with Gasteiger partial charge in [-0.25, -0.2) is 9.37 Å². The molecule has 0 saturated heterocycles. The highest BCUT2D eigenvalue weighted by Crippen LogP contribution is 2.34. The molecule has 0 spiro atoms.